The number of nitrogens with one attached hydrogen (secondary N) is 1. The number of anilines is 2. The van der Waals surface area contributed by atoms with Crippen LogP contribution in [0.3, 0.4) is 0 Å². The summed E-state index contributed by atoms with van der Waals surface area (Å²) in [6, 6.07) is 13.1. The van der Waals surface area contributed by atoms with E-state index < -0.39 is 6.04 Å². The average molecular weight is 389 g/mol. The molecule has 1 atom stereocenters. The molecule has 3 aromatic rings. The van der Waals surface area contributed by atoms with Crippen LogP contribution in [0.15, 0.2) is 48.8 Å². The van der Waals surface area contributed by atoms with Gasteiger partial charge in [-0.1, -0.05) is 12.1 Å². The summed E-state index contributed by atoms with van der Waals surface area (Å²) in [6.07, 6.45) is 1.56. The van der Waals surface area contributed by atoms with E-state index >= 15 is 0 Å². The highest BCUT2D eigenvalue weighted by Crippen LogP contribution is 2.36. The van der Waals surface area contributed by atoms with Crippen LogP contribution in [0.25, 0.3) is 11.0 Å². The number of fused-ring (bicyclic) bond motifs is 1. The van der Waals surface area contributed by atoms with Crippen molar-refractivity contribution >= 4 is 34.1 Å². The van der Waals surface area contributed by atoms with Gasteiger partial charge < -0.3 is 14.8 Å². The lowest BCUT2D eigenvalue weighted by molar-refractivity contribution is -0.121. The van der Waals surface area contributed by atoms with Gasteiger partial charge in [-0.05, 0) is 42.9 Å². The van der Waals surface area contributed by atoms with E-state index in [9.17, 15) is 9.59 Å². The molecule has 29 heavy (non-hydrogen) atoms. The topological polar surface area (TPSA) is 72.5 Å². The van der Waals surface area contributed by atoms with Crippen molar-refractivity contribution in [3.63, 3.8) is 0 Å². The number of rotatable bonds is 3. The largest absolute Gasteiger partial charge is 0.369 e. The maximum Gasteiger partial charge on any atom is 0.235 e. The molecule has 1 amide bonds. The van der Waals surface area contributed by atoms with Gasteiger partial charge in [0.15, 0.2) is 5.78 Å². The van der Waals surface area contributed by atoms with E-state index in [0.717, 1.165) is 48.5 Å². The Labute approximate surface area is 168 Å². The van der Waals surface area contributed by atoms with E-state index in [1.165, 1.54) is 0 Å². The number of imidazole rings is 1. The summed E-state index contributed by atoms with van der Waals surface area (Å²) in [7, 11) is 2.14. The van der Waals surface area contributed by atoms with Crippen LogP contribution in [0.5, 0.6) is 0 Å². The highest BCUT2D eigenvalue weighted by atomic mass is 16.2. The molecule has 2 aliphatic heterocycles. The molecular formula is C22H23N5O2. The second-order valence-electron chi connectivity index (χ2n) is 7.80. The predicted molar refractivity (Wildman–Crippen MR) is 112 cm³/mol. The number of hydrogen-bond donors (Lipinski definition) is 1. The first-order valence-corrected chi connectivity index (χ1v) is 9.91. The van der Waals surface area contributed by atoms with Gasteiger partial charge in [0.2, 0.25) is 5.91 Å². The summed E-state index contributed by atoms with van der Waals surface area (Å²) >= 11 is 0. The summed E-state index contributed by atoms with van der Waals surface area (Å²) < 4.78 is 0. The number of carbonyl (C=O) groups is 2. The van der Waals surface area contributed by atoms with Crippen molar-refractivity contribution in [2.75, 3.05) is 43.0 Å². The Bertz CT molecular complexity index is 1070. The van der Waals surface area contributed by atoms with E-state index in [1.807, 2.05) is 30.3 Å². The number of H-pyrrole nitrogens is 1. The zero-order valence-electron chi connectivity index (χ0n) is 16.3. The van der Waals surface area contributed by atoms with Gasteiger partial charge in [-0.25, -0.2) is 4.98 Å². The second-order valence-corrected chi connectivity index (χ2v) is 7.80. The van der Waals surface area contributed by atoms with Crippen molar-refractivity contribution in [1.82, 2.24) is 14.9 Å². The van der Waals surface area contributed by atoms with Gasteiger partial charge in [0.1, 0.15) is 6.04 Å². The number of carbonyl (C=O) groups excluding carboxylic acids is 2. The molecule has 7 nitrogen and oxygen atoms in total. The van der Waals surface area contributed by atoms with Crippen LogP contribution in [0.1, 0.15) is 18.0 Å². The lowest BCUT2D eigenvalue weighted by Gasteiger charge is -2.34. The fourth-order valence-corrected chi connectivity index (χ4v) is 4.25. The van der Waals surface area contributed by atoms with Crippen molar-refractivity contribution in [1.29, 1.82) is 0 Å². The Morgan fingerprint density at radius 1 is 0.966 bits per heavy atom. The highest BCUT2D eigenvalue weighted by Gasteiger charge is 2.40. The fourth-order valence-electron chi connectivity index (χ4n) is 4.25. The number of benzene rings is 2. The fraction of sp³-hybridized carbons (Fsp3) is 0.318. The average Bonchev–Trinajstić information content (AvgIpc) is 3.31. The number of aromatic amines is 1. The molecule has 1 N–H and O–H groups in total. The molecule has 0 aliphatic carbocycles. The molecule has 1 unspecified atom stereocenters. The van der Waals surface area contributed by atoms with E-state index in [0.29, 0.717) is 5.69 Å². The zero-order chi connectivity index (χ0) is 20.0. The maximum absolute atomic E-state index is 12.7. The van der Waals surface area contributed by atoms with Crippen molar-refractivity contribution in [3.05, 3.63) is 54.4 Å². The number of ketones is 1. The Balaban J connectivity index is 1.44. The van der Waals surface area contributed by atoms with E-state index in [4.69, 9.17) is 0 Å². The van der Waals surface area contributed by atoms with Crippen molar-refractivity contribution < 1.29 is 9.59 Å². The molecule has 2 saturated heterocycles. The molecule has 0 spiro atoms. The molecule has 0 radical (unpaired) electrons. The number of Topliss-reactive ketones (excluding diaryl/α,β-unsaturated/α-hetero) is 1. The van der Waals surface area contributed by atoms with Gasteiger partial charge >= 0.3 is 0 Å². The molecule has 2 aliphatic rings. The molecule has 2 aromatic carbocycles. The van der Waals surface area contributed by atoms with Crippen LogP contribution in [0.2, 0.25) is 0 Å². The number of aromatic nitrogens is 2. The second kappa shape index (κ2) is 7.00. The van der Waals surface area contributed by atoms with E-state index in [1.54, 1.807) is 11.2 Å². The van der Waals surface area contributed by atoms with Crippen LogP contribution < -0.4 is 9.80 Å². The van der Waals surface area contributed by atoms with Gasteiger partial charge in [-0.2, -0.15) is 0 Å². The molecule has 2 fully saturated rings. The number of nitrogens with zero attached hydrogens (tertiary/aromatic N) is 4. The van der Waals surface area contributed by atoms with Crippen LogP contribution >= 0.6 is 0 Å². The standard InChI is InChI=1S/C22H23N5O2/c1-25-8-10-26(11-9-25)16-4-2-15(3-5-16)22-20(28)13-21(29)27(22)17-6-7-18-19(12-17)24-14-23-18/h2-7,12,14,22H,8-11,13H2,1H3,(H,23,24). The van der Waals surface area contributed by atoms with Crippen LogP contribution in [-0.2, 0) is 9.59 Å². The van der Waals surface area contributed by atoms with Crippen molar-refractivity contribution in [2.45, 2.75) is 12.5 Å². The molecule has 0 bridgehead atoms. The van der Waals surface area contributed by atoms with Gasteiger partial charge in [0, 0.05) is 37.6 Å². The molecule has 7 heteroatoms. The number of likely N-dealkylation sites (N-methyl/N-ethyl adjacent to an activating group) is 1. The Morgan fingerprint density at radius 2 is 1.69 bits per heavy atom. The van der Waals surface area contributed by atoms with Crippen LogP contribution in [0.4, 0.5) is 11.4 Å². The first-order valence-electron chi connectivity index (χ1n) is 9.91. The number of piperazine rings is 1. The third-order valence-electron chi connectivity index (χ3n) is 5.92. The minimum atomic E-state index is -0.579. The predicted octanol–water partition coefficient (Wildman–Crippen LogP) is 2.36. The van der Waals surface area contributed by atoms with Crippen molar-refractivity contribution in [2.24, 2.45) is 0 Å². The van der Waals surface area contributed by atoms with E-state index in [2.05, 4.69) is 38.9 Å². The van der Waals surface area contributed by atoms with Crippen LogP contribution in [-0.4, -0.2) is 59.8 Å². The summed E-state index contributed by atoms with van der Waals surface area (Å²) in [6.45, 7) is 4.07. The first-order chi connectivity index (χ1) is 14.1. The summed E-state index contributed by atoms with van der Waals surface area (Å²) in [4.78, 5) is 38.9. The lowest BCUT2D eigenvalue weighted by Crippen LogP contribution is -2.44. The number of amides is 1. The minimum absolute atomic E-state index is 0.0629. The molecule has 3 heterocycles. The maximum atomic E-state index is 12.7. The first kappa shape index (κ1) is 17.9. The van der Waals surface area contributed by atoms with Gasteiger partial charge in [-0.3, -0.25) is 14.5 Å². The van der Waals surface area contributed by atoms with Gasteiger partial charge in [0.05, 0.1) is 23.8 Å². The summed E-state index contributed by atoms with van der Waals surface area (Å²) in [5.74, 6) is -0.228. The molecule has 148 valence electrons. The van der Waals surface area contributed by atoms with Gasteiger partial charge in [-0.15, -0.1) is 0 Å². The third-order valence-corrected chi connectivity index (χ3v) is 5.92. The van der Waals surface area contributed by atoms with Gasteiger partial charge in [0.25, 0.3) is 0 Å². The number of hydrogen-bond acceptors (Lipinski definition) is 5. The normalized spacial score (nSPS) is 20.8. The van der Waals surface area contributed by atoms with Crippen LogP contribution in [0, 0.1) is 0 Å². The third kappa shape index (κ3) is 3.17. The molecule has 5 rings (SSSR count). The quantitative estimate of drug-likeness (QED) is 0.697. The van der Waals surface area contributed by atoms with Crippen molar-refractivity contribution in [3.8, 4) is 0 Å². The summed E-state index contributed by atoms with van der Waals surface area (Å²) in [5, 5.41) is 0. The van der Waals surface area contributed by atoms with E-state index in [-0.39, 0.29) is 18.1 Å². The Hall–Kier alpha value is -3.19. The smallest absolute Gasteiger partial charge is 0.235 e. The molecular weight excluding hydrogens is 366 g/mol. The minimum Gasteiger partial charge on any atom is -0.369 e. The highest BCUT2D eigenvalue weighted by molar-refractivity contribution is 6.17. The Kier molecular flexibility index (Phi) is 4.32. The monoisotopic (exact) mass is 389 g/mol. The lowest BCUT2D eigenvalue weighted by atomic mass is 10.0. The zero-order valence-corrected chi connectivity index (χ0v) is 16.3. The summed E-state index contributed by atoms with van der Waals surface area (Å²) in [5.41, 5.74) is 4.40. The molecule has 1 aromatic heterocycles. The SMILES string of the molecule is CN1CCN(c2ccc(C3C(=O)CC(=O)N3c3ccc4nc[nH]c4c3)cc2)CC1. The molecule has 0 saturated carbocycles. The Morgan fingerprint density at radius 3 is 2.45 bits per heavy atom.